The van der Waals surface area contributed by atoms with Gasteiger partial charge in [0.15, 0.2) is 5.17 Å². The van der Waals surface area contributed by atoms with Gasteiger partial charge in [-0.2, -0.15) is 26.3 Å². The first-order valence-corrected chi connectivity index (χ1v) is 14.1. The SMILES string of the molecule is CC1=C(C(=O)Nc2ccccc2)C(c2ccc(NC(=O)c3cc(C(F)(F)F)cc(C(F)(F)F)c3)cc2)N2CCCSC2=N1. The van der Waals surface area contributed by atoms with Crippen LogP contribution in [-0.2, 0) is 17.1 Å². The number of rotatable bonds is 5. The third kappa shape index (κ3) is 6.71. The third-order valence-corrected chi connectivity index (χ3v) is 7.95. The molecule has 6 nitrogen and oxygen atoms in total. The van der Waals surface area contributed by atoms with E-state index in [9.17, 15) is 35.9 Å². The average Bonchev–Trinajstić information content (AvgIpc) is 2.96. The van der Waals surface area contributed by atoms with Gasteiger partial charge in [-0.3, -0.25) is 9.59 Å². The minimum atomic E-state index is -5.08. The predicted octanol–water partition coefficient (Wildman–Crippen LogP) is 7.74. The molecular weight excluding hydrogens is 594 g/mol. The topological polar surface area (TPSA) is 73.8 Å². The number of hydrogen-bond donors (Lipinski definition) is 2. The van der Waals surface area contributed by atoms with Crippen LogP contribution < -0.4 is 10.6 Å². The maximum atomic E-state index is 13.5. The largest absolute Gasteiger partial charge is 0.416 e. The van der Waals surface area contributed by atoms with Crippen LogP contribution in [0.25, 0.3) is 0 Å². The summed E-state index contributed by atoms with van der Waals surface area (Å²) in [7, 11) is 0. The molecule has 2 aliphatic heterocycles. The molecule has 1 fully saturated rings. The van der Waals surface area contributed by atoms with Gasteiger partial charge in [0.25, 0.3) is 11.8 Å². The zero-order chi connectivity index (χ0) is 30.9. The second-order valence-electron chi connectivity index (χ2n) is 9.88. The Labute approximate surface area is 246 Å². The number of fused-ring (bicyclic) bond motifs is 1. The van der Waals surface area contributed by atoms with Crippen molar-refractivity contribution in [3.05, 3.63) is 106 Å². The lowest BCUT2D eigenvalue weighted by molar-refractivity contribution is -0.143. The molecule has 3 aromatic carbocycles. The van der Waals surface area contributed by atoms with E-state index in [0.29, 0.717) is 41.2 Å². The van der Waals surface area contributed by atoms with Crippen LogP contribution in [0.4, 0.5) is 37.7 Å². The number of carbonyl (C=O) groups excluding carboxylic acids is 2. The van der Waals surface area contributed by atoms with Gasteiger partial charge in [-0.1, -0.05) is 42.1 Å². The molecule has 1 atom stereocenters. The highest BCUT2D eigenvalue weighted by molar-refractivity contribution is 8.13. The molecule has 2 amide bonds. The molecular formula is C30H24F6N4O2S. The van der Waals surface area contributed by atoms with Crippen LogP contribution in [0.5, 0.6) is 0 Å². The highest BCUT2D eigenvalue weighted by Crippen LogP contribution is 2.40. The third-order valence-electron chi connectivity index (χ3n) is 6.87. The van der Waals surface area contributed by atoms with Crippen LogP contribution >= 0.6 is 11.8 Å². The summed E-state index contributed by atoms with van der Waals surface area (Å²) < 4.78 is 79.6. The molecule has 2 heterocycles. The number of amides is 2. The summed E-state index contributed by atoms with van der Waals surface area (Å²) in [6.45, 7) is 2.40. The number of halogens is 6. The van der Waals surface area contributed by atoms with Crippen molar-refractivity contribution in [2.24, 2.45) is 4.99 Å². The first-order chi connectivity index (χ1) is 20.3. The molecule has 0 saturated carbocycles. The lowest BCUT2D eigenvalue weighted by atomic mass is 9.93. The van der Waals surface area contributed by atoms with E-state index in [-0.39, 0.29) is 17.7 Å². The molecule has 224 valence electrons. The molecule has 2 N–H and O–H groups in total. The fourth-order valence-corrected chi connectivity index (χ4v) is 5.88. The minimum Gasteiger partial charge on any atom is -0.340 e. The maximum Gasteiger partial charge on any atom is 0.416 e. The first kappa shape index (κ1) is 30.2. The number of nitrogens with zero attached hydrogens (tertiary/aromatic N) is 2. The first-order valence-electron chi connectivity index (χ1n) is 13.1. The Kier molecular flexibility index (Phi) is 8.28. The van der Waals surface area contributed by atoms with Crippen LogP contribution in [0.2, 0.25) is 0 Å². The van der Waals surface area contributed by atoms with Crippen LogP contribution in [0, 0.1) is 0 Å². The van der Waals surface area contributed by atoms with Crippen molar-refractivity contribution in [1.82, 2.24) is 4.90 Å². The van der Waals surface area contributed by atoms with Crippen LogP contribution in [0.15, 0.2) is 89.1 Å². The van der Waals surface area contributed by atoms with Gasteiger partial charge >= 0.3 is 12.4 Å². The monoisotopic (exact) mass is 618 g/mol. The van der Waals surface area contributed by atoms with Crippen molar-refractivity contribution < 1.29 is 35.9 Å². The summed E-state index contributed by atoms with van der Waals surface area (Å²) >= 11 is 1.57. The predicted molar refractivity (Wildman–Crippen MR) is 153 cm³/mol. The van der Waals surface area contributed by atoms with E-state index in [0.717, 1.165) is 17.3 Å². The van der Waals surface area contributed by atoms with E-state index in [1.807, 2.05) is 11.0 Å². The van der Waals surface area contributed by atoms with Gasteiger partial charge in [-0.25, -0.2) is 4.99 Å². The van der Waals surface area contributed by atoms with Crippen molar-refractivity contribution >= 4 is 40.1 Å². The fourth-order valence-electron chi connectivity index (χ4n) is 4.86. The molecule has 2 aliphatic rings. The Hall–Kier alpha value is -4.26. The fraction of sp³-hybridized carbons (Fsp3) is 0.233. The second-order valence-corrected chi connectivity index (χ2v) is 10.9. The van der Waals surface area contributed by atoms with E-state index in [1.54, 1.807) is 55.1 Å². The summed E-state index contributed by atoms with van der Waals surface area (Å²) in [6.07, 6.45) is -9.30. The Morgan fingerprint density at radius 3 is 2.02 bits per heavy atom. The van der Waals surface area contributed by atoms with E-state index >= 15 is 0 Å². The Balaban J connectivity index is 1.43. The molecule has 0 bridgehead atoms. The van der Waals surface area contributed by atoms with Crippen molar-refractivity contribution in [2.75, 3.05) is 22.9 Å². The number of allylic oxidation sites excluding steroid dienone is 1. The van der Waals surface area contributed by atoms with Gasteiger partial charge in [-0.05, 0) is 61.4 Å². The molecule has 5 rings (SSSR count). The molecule has 3 aromatic rings. The highest BCUT2D eigenvalue weighted by Gasteiger charge is 2.39. The Bertz CT molecular complexity index is 1570. The van der Waals surface area contributed by atoms with Gasteiger partial charge in [0, 0.05) is 29.2 Å². The molecule has 0 aliphatic carbocycles. The lowest BCUT2D eigenvalue weighted by Gasteiger charge is -2.40. The smallest absolute Gasteiger partial charge is 0.340 e. The summed E-state index contributed by atoms with van der Waals surface area (Å²) in [5, 5.41) is 6.05. The van der Waals surface area contributed by atoms with Crippen molar-refractivity contribution in [2.45, 2.75) is 31.7 Å². The van der Waals surface area contributed by atoms with Crippen molar-refractivity contribution in [1.29, 1.82) is 0 Å². The standard InChI is InChI=1S/C30H24F6N4O2S/c1-17-24(27(42)39-22-6-3-2-4-7-22)25(40-12-5-13-43-28(40)37-17)18-8-10-23(11-9-18)38-26(41)19-14-20(29(31,32)33)16-21(15-19)30(34,35)36/h2-4,6-11,14-16,25H,5,12-13H2,1H3,(H,38,41)(H,39,42). The summed E-state index contributed by atoms with van der Waals surface area (Å²) in [6, 6.07) is 15.4. The summed E-state index contributed by atoms with van der Waals surface area (Å²) in [5.41, 5.74) is -1.55. The summed E-state index contributed by atoms with van der Waals surface area (Å²) in [5.74, 6) is -0.603. The minimum absolute atomic E-state index is 0.0345. The molecule has 43 heavy (non-hydrogen) atoms. The van der Waals surface area contributed by atoms with Crippen LogP contribution in [0.1, 0.15) is 46.4 Å². The molecule has 1 unspecified atom stereocenters. The second kappa shape index (κ2) is 11.8. The van der Waals surface area contributed by atoms with E-state index in [4.69, 9.17) is 0 Å². The van der Waals surface area contributed by atoms with Gasteiger partial charge < -0.3 is 15.5 Å². The number of thioether (sulfide) groups is 1. The van der Waals surface area contributed by atoms with E-state index in [1.165, 1.54) is 12.1 Å². The number of nitrogens with one attached hydrogen (secondary N) is 2. The molecule has 0 aromatic heterocycles. The zero-order valence-electron chi connectivity index (χ0n) is 22.5. The summed E-state index contributed by atoms with van der Waals surface area (Å²) in [4.78, 5) is 33.0. The van der Waals surface area contributed by atoms with Crippen LogP contribution in [-0.4, -0.2) is 34.2 Å². The van der Waals surface area contributed by atoms with Gasteiger partial charge in [-0.15, -0.1) is 0 Å². The van der Waals surface area contributed by atoms with Gasteiger partial charge in [0.1, 0.15) is 0 Å². The van der Waals surface area contributed by atoms with Gasteiger partial charge in [0.2, 0.25) is 0 Å². The number of aliphatic imine (C=N–C) groups is 1. The van der Waals surface area contributed by atoms with Gasteiger partial charge in [0.05, 0.1) is 28.4 Å². The maximum absolute atomic E-state index is 13.5. The average molecular weight is 619 g/mol. The quantitative estimate of drug-likeness (QED) is 0.287. The lowest BCUT2D eigenvalue weighted by Crippen LogP contribution is -2.43. The molecule has 0 spiro atoms. The number of alkyl halides is 6. The molecule has 13 heteroatoms. The molecule has 0 radical (unpaired) electrons. The number of hydrogen-bond acceptors (Lipinski definition) is 5. The van der Waals surface area contributed by atoms with Crippen molar-refractivity contribution in [3.63, 3.8) is 0 Å². The number of anilines is 2. The van der Waals surface area contributed by atoms with Crippen LogP contribution in [0.3, 0.4) is 0 Å². The Morgan fingerprint density at radius 2 is 1.42 bits per heavy atom. The number of carbonyl (C=O) groups is 2. The van der Waals surface area contributed by atoms with Crippen molar-refractivity contribution in [3.8, 4) is 0 Å². The molecule has 1 saturated heterocycles. The number of amidine groups is 1. The number of para-hydroxylation sites is 1. The van der Waals surface area contributed by atoms with E-state index in [2.05, 4.69) is 15.6 Å². The Morgan fingerprint density at radius 1 is 0.837 bits per heavy atom. The normalized spacial score (nSPS) is 17.2. The zero-order valence-corrected chi connectivity index (χ0v) is 23.3. The highest BCUT2D eigenvalue weighted by atomic mass is 32.2. The number of benzene rings is 3. The van der Waals surface area contributed by atoms with E-state index < -0.39 is 41.0 Å².